The molecule has 104 valence electrons. The van der Waals surface area contributed by atoms with Crippen molar-refractivity contribution in [2.75, 3.05) is 5.73 Å². The maximum absolute atomic E-state index is 13.1. The van der Waals surface area contributed by atoms with Crippen LogP contribution in [0.2, 0.25) is 0 Å². The lowest BCUT2D eigenvalue weighted by atomic mass is 9.96. The first kappa shape index (κ1) is 13.8. The molecule has 1 fully saturated rings. The van der Waals surface area contributed by atoms with E-state index in [4.69, 9.17) is 5.73 Å². The van der Waals surface area contributed by atoms with Gasteiger partial charge in [-0.1, -0.05) is 32.1 Å². The molecule has 5 heteroatoms. The second kappa shape index (κ2) is 6.50. The van der Waals surface area contributed by atoms with Gasteiger partial charge in [0.05, 0.1) is 11.8 Å². The van der Waals surface area contributed by atoms with E-state index in [1.165, 1.54) is 19.3 Å². The van der Waals surface area contributed by atoms with E-state index in [1.54, 1.807) is 0 Å². The largest absolute Gasteiger partial charge is 0.383 e. The van der Waals surface area contributed by atoms with Crippen LogP contribution >= 0.6 is 0 Å². The molecule has 1 aromatic heterocycles. The highest BCUT2D eigenvalue weighted by atomic mass is 19.1. The van der Waals surface area contributed by atoms with E-state index in [1.807, 2.05) is 0 Å². The predicted molar refractivity (Wildman–Crippen MR) is 72.2 cm³/mol. The summed E-state index contributed by atoms with van der Waals surface area (Å²) in [6.45, 7) is 0. The van der Waals surface area contributed by atoms with Crippen molar-refractivity contribution in [3.8, 4) is 0 Å². The fourth-order valence-electron chi connectivity index (χ4n) is 2.50. The summed E-state index contributed by atoms with van der Waals surface area (Å²) in [6.07, 6.45) is 8.95. The third kappa shape index (κ3) is 3.91. The zero-order chi connectivity index (χ0) is 13.7. The van der Waals surface area contributed by atoms with Gasteiger partial charge in [0.1, 0.15) is 11.6 Å². The van der Waals surface area contributed by atoms with E-state index in [-0.39, 0.29) is 23.3 Å². The number of nitrogens with two attached hydrogens (primary N) is 1. The van der Waals surface area contributed by atoms with Crippen LogP contribution in [0.3, 0.4) is 0 Å². The van der Waals surface area contributed by atoms with Crippen LogP contribution in [0.4, 0.5) is 10.2 Å². The zero-order valence-electron chi connectivity index (χ0n) is 11.0. The summed E-state index contributed by atoms with van der Waals surface area (Å²) in [5, 5.41) is 2.95. The number of carbonyl (C=O) groups excluding carboxylic acids is 1. The van der Waals surface area contributed by atoms with Crippen LogP contribution in [0, 0.1) is 5.82 Å². The average Bonchev–Trinajstić information content (AvgIpc) is 2.35. The summed E-state index contributed by atoms with van der Waals surface area (Å²) < 4.78 is 13.1. The molecule has 0 aliphatic heterocycles. The SMILES string of the molecule is Nc1ncc(F)cc1C(=O)NC1CCCCCCC1. The molecule has 0 atom stereocenters. The standard InChI is InChI=1S/C14H20FN3O/c15-10-8-12(13(16)17-9-10)14(19)18-11-6-4-2-1-3-5-7-11/h8-9,11H,1-7H2,(H2,16,17)(H,18,19). The molecule has 4 nitrogen and oxygen atoms in total. The first-order valence-corrected chi connectivity index (χ1v) is 6.88. The number of anilines is 1. The van der Waals surface area contributed by atoms with Crippen molar-refractivity contribution in [3.05, 3.63) is 23.6 Å². The summed E-state index contributed by atoms with van der Waals surface area (Å²) in [5.74, 6) is -0.795. The van der Waals surface area contributed by atoms with Gasteiger partial charge in [0.2, 0.25) is 0 Å². The summed E-state index contributed by atoms with van der Waals surface area (Å²) in [6, 6.07) is 1.30. The van der Waals surface area contributed by atoms with Gasteiger partial charge in [-0.05, 0) is 18.9 Å². The predicted octanol–water partition coefficient (Wildman–Crippen LogP) is 2.65. The highest BCUT2D eigenvalue weighted by molar-refractivity contribution is 5.98. The molecular formula is C14H20FN3O. The molecule has 19 heavy (non-hydrogen) atoms. The van der Waals surface area contributed by atoms with Gasteiger partial charge in [0, 0.05) is 6.04 Å². The number of halogens is 1. The first-order chi connectivity index (χ1) is 9.16. The molecule has 0 bridgehead atoms. The van der Waals surface area contributed by atoms with Gasteiger partial charge in [0.25, 0.3) is 5.91 Å². The van der Waals surface area contributed by atoms with E-state index in [9.17, 15) is 9.18 Å². The normalized spacial score (nSPS) is 17.5. The Morgan fingerprint density at radius 3 is 2.58 bits per heavy atom. The van der Waals surface area contributed by atoms with Crippen molar-refractivity contribution in [1.29, 1.82) is 0 Å². The van der Waals surface area contributed by atoms with Crippen LogP contribution in [0.1, 0.15) is 55.3 Å². The number of nitrogens with zero attached hydrogens (tertiary/aromatic N) is 1. The van der Waals surface area contributed by atoms with E-state index in [2.05, 4.69) is 10.3 Å². The smallest absolute Gasteiger partial charge is 0.255 e. The van der Waals surface area contributed by atoms with E-state index in [0.717, 1.165) is 37.9 Å². The van der Waals surface area contributed by atoms with Crippen LogP contribution in [0.25, 0.3) is 0 Å². The van der Waals surface area contributed by atoms with Gasteiger partial charge < -0.3 is 11.1 Å². The van der Waals surface area contributed by atoms with Crippen molar-refractivity contribution in [2.24, 2.45) is 0 Å². The topological polar surface area (TPSA) is 68.0 Å². The summed E-state index contributed by atoms with van der Waals surface area (Å²) in [7, 11) is 0. The van der Waals surface area contributed by atoms with Crippen molar-refractivity contribution in [3.63, 3.8) is 0 Å². The number of nitrogen functional groups attached to an aromatic ring is 1. The molecular weight excluding hydrogens is 245 g/mol. The second-order valence-electron chi connectivity index (χ2n) is 5.10. The second-order valence-corrected chi connectivity index (χ2v) is 5.10. The molecule has 0 radical (unpaired) electrons. The monoisotopic (exact) mass is 265 g/mol. The molecule has 0 spiro atoms. The number of pyridine rings is 1. The minimum atomic E-state index is -0.544. The number of aromatic nitrogens is 1. The number of rotatable bonds is 2. The molecule has 0 unspecified atom stereocenters. The van der Waals surface area contributed by atoms with Gasteiger partial charge >= 0.3 is 0 Å². The van der Waals surface area contributed by atoms with Gasteiger partial charge in [-0.15, -0.1) is 0 Å². The van der Waals surface area contributed by atoms with E-state index < -0.39 is 5.82 Å². The van der Waals surface area contributed by atoms with Crippen LogP contribution in [-0.4, -0.2) is 16.9 Å². The zero-order valence-corrected chi connectivity index (χ0v) is 11.0. The van der Waals surface area contributed by atoms with Crippen molar-refractivity contribution < 1.29 is 9.18 Å². The summed E-state index contributed by atoms with van der Waals surface area (Å²) in [5.41, 5.74) is 5.74. The fraction of sp³-hybridized carbons (Fsp3) is 0.571. The minimum Gasteiger partial charge on any atom is -0.383 e. The molecule has 0 aromatic carbocycles. The van der Waals surface area contributed by atoms with Crippen LogP contribution in [-0.2, 0) is 0 Å². The molecule has 3 N–H and O–H groups in total. The third-order valence-corrected chi connectivity index (χ3v) is 3.57. The van der Waals surface area contributed by atoms with Crippen molar-refractivity contribution in [2.45, 2.75) is 51.0 Å². The molecule has 1 aliphatic rings. The fourth-order valence-corrected chi connectivity index (χ4v) is 2.50. The Hall–Kier alpha value is -1.65. The van der Waals surface area contributed by atoms with Crippen LogP contribution < -0.4 is 11.1 Å². The first-order valence-electron chi connectivity index (χ1n) is 6.88. The Morgan fingerprint density at radius 2 is 1.89 bits per heavy atom. The van der Waals surface area contributed by atoms with Gasteiger partial charge in [-0.25, -0.2) is 9.37 Å². The minimum absolute atomic E-state index is 0.0738. The maximum Gasteiger partial charge on any atom is 0.255 e. The molecule has 1 saturated carbocycles. The molecule has 1 aliphatic carbocycles. The molecule has 1 aromatic rings. The number of amides is 1. The molecule has 2 rings (SSSR count). The Balaban J connectivity index is 2.00. The van der Waals surface area contributed by atoms with Gasteiger partial charge in [-0.3, -0.25) is 4.79 Å². The number of hydrogen-bond acceptors (Lipinski definition) is 3. The molecule has 1 heterocycles. The Kier molecular flexibility index (Phi) is 4.71. The van der Waals surface area contributed by atoms with Crippen LogP contribution in [0.5, 0.6) is 0 Å². The van der Waals surface area contributed by atoms with E-state index >= 15 is 0 Å². The summed E-state index contributed by atoms with van der Waals surface area (Å²) in [4.78, 5) is 15.8. The van der Waals surface area contributed by atoms with Gasteiger partial charge in [0.15, 0.2) is 0 Å². The van der Waals surface area contributed by atoms with Gasteiger partial charge in [-0.2, -0.15) is 0 Å². The highest BCUT2D eigenvalue weighted by Crippen LogP contribution is 2.18. The number of carbonyl (C=O) groups is 1. The lowest BCUT2D eigenvalue weighted by Gasteiger charge is -2.21. The van der Waals surface area contributed by atoms with Crippen molar-refractivity contribution in [1.82, 2.24) is 10.3 Å². The van der Waals surface area contributed by atoms with E-state index in [0.29, 0.717) is 0 Å². The quantitative estimate of drug-likeness (QED) is 0.863. The number of nitrogens with one attached hydrogen (secondary N) is 1. The van der Waals surface area contributed by atoms with Crippen LogP contribution in [0.15, 0.2) is 12.3 Å². The Morgan fingerprint density at radius 1 is 1.26 bits per heavy atom. The third-order valence-electron chi connectivity index (χ3n) is 3.57. The lowest BCUT2D eigenvalue weighted by Crippen LogP contribution is -2.35. The molecule has 1 amide bonds. The lowest BCUT2D eigenvalue weighted by molar-refractivity contribution is 0.0930. The Bertz CT molecular complexity index is 442. The summed E-state index contributed by atoms with van der Waals surface area (Å²) >= 11 is 0. The maximum atomic E-state index is 13.1. The number of hydrogen-bond donors (Lipinski definition) is 2. The Labute approximate surface area is 112 Å². The van der Waals surface area contributed by atoms with Crippen molar-refractivity contribution >= 4 is 11.7 Å². The molecule has 0 saturated heterocycles. The highest BCUT2D eigenvalue weighted by Gasteiger charge is 2.17. The average molecular weight is 265 g/mol.